The maximum atomic E-state index is 13.8. The number of carbonyl (C=O) groups is 3. The molecule has 8 heteroatoms. The van der Waals surface area contributed by atoms with E-state index in [2.05, 4.69) is 16.2 Å². The highest BCUT2D eigenvalue weighted by Crippen LogP contribution is 2.26. The standard InChI is InChI=1S/C30H42N4O4/c1-7-31-29(37)34(24-18-12-9-13-19-24)32-27(35)26(21-22(2)3)25(28(36)33-38-30(4,5)6)20-14-17-23-15-10-8-11-16-23/h8-19,22,25-26H,7,20-21H2,1-6H3,(H,31,37)(H,32,35)(H,33,36)/t25-,26+/m0/s1. The Morgan fingerprint density at radius 3 is 2.08 bits per heavy atom. The second-order valence-corrected chi connectivity index (χ2v) is 10.6. The third kappa shape index (κ3) is 10.4. The molecular weight excluding hydrogens is 480 g/mol. The van der Waals surface area contributed by atoms with E-state index in [0.29, 0.717) is 25.1 Å². The van der Waals surface area contributed by atoms with E-state index in [1.165, 1.54) is 5.01 Å². The van der Waals surface area contributed by atoms with Gasteiger partial charge in [-0.25, -0.2) is 15.3 Å². The second kappa shape index (κ2) is 14.9. The van der Waals surface area contributed by atoms with Crippen molar-refractivity contribution >= 4 is 29.6 Å². The normalized spacial score (nSPS) is 13.1. The minimum absolute atomic E-state index is 0.123. The lowest BCUT2D eigenvalue weighted by molar-refractivity contribution is -0.153. The molecule has 8 nitrogen and oxygen atoms in total. The Bertz CT molecular complexity index is 1050. The van der Waals surface area contributed by atoms with Crippen LogP contribution < -0.4 is 21.2 Å². The van der Waals surface area contributed by atoms with Gasteiger partial charge in [-0.2, -0.15) is 0 Å². The van der Waals surface area contributed by atoms with Crippen LogP contribution in [0.15, 0.2) is 66.7 Å². The van der Waals surface area contributed by atoms with Crippen molar-refractivity contribution in [1.29, 1.82) is 0 Å². The Kier molecular flexibility index (Phi) is 12.0. The number of rotatable bonds is 11. The molecule has 0 unspecified atom stereocenters. The Labute approximate surface area is 226 Å². The van der Waals surface area contributed by atoms with Gasteiger partial charge in [-0.3, -0.25) is 19.9 Å². The van der Waals surface area contributed by atoms with Gasteiger partial charge >= 0.3 is 6.03 Å². The van der Waals surface area contributed by atoms with Gasteiger partial charge in [-0.05, 0) is 64.2 Å². The largest absolute Gasteiger partial charge is 0.340 e. The van der Waals surface area contributed by atoms with E-state index in [9.17, 15) is 14.4 Å². The van der Waals surface area contributed by atoms with Crippen molar-refractivity contribution < 1.29 is 19.2 Å². The smallest absolute Gasteiger partial charge is 0.337 e. The zero-order chi connectivity index (χ0) is 28.1. The first-order chi connectivity index (χ1) is 18.0. The molecule has 0 saturated heterocycles. The van der Waals surface area contributed by atoms with Crippen molar-refractivity contribution in [3.63, 3.8) is 0 Å². The quantitative estimate of drug-likeness (QED) is 0.340. The van der Waals surface area contributed by atoms with Crippen LogP contribution in [-0.4, -0.2) is 30.0 Å². The number of benzene rings is 2. The van der Waals surface area contributed by atoms with Crippen LogP contribution in [0.4, 0.5) is 10.5 Å². The molecule has 0 radical (unpaired) electrons. The molecule has 0 heterocycles. The monoisotopic (exact) mass is 522 g/mol. The summed E-state index contributed by atoms with van der Waals surface area (Å²) >= 11 is 0. The molecule has 0 bridgehead atoms. The van der Waals surface area contributed by atoms with Crippen LogP contribution in [0.1, 0.15) is 59.9 Å². The van der Waals surface area contributed by atoms with E-state index in [-0.39, 0.29) is 11.8 Å². The minimum atomic E-state index is -0.730. The van der Waals surface area contributed by atoms with Gasteiger partial charge in [-0.1, -0.05) is 74.5 Å². The van der Waals surface area contributed by atoms with Crippen molar-refractivity contribution in [2.24, 2.45) is 17.8 Å². The summed E-state index contributed by atoms with van der Waals surface area (Å²) in [7, 11) is 0. The van der Waals surface area contributed by atoms with Crippen molar-refractivity contribution in [2.45, 2.75) is 60.0 Å². The summed E-state index contributed by atoms with van der Waals surface area (Å²) in [4.78, 5) is 45.6. The number of nitrogens with one attached hydrogen (secondary N) is 3. The molecule has 0 aromatic heterocycles. The Morgan fingerprint density at radius 1 is 0.921 bits per heavy atom. The van der Waals surface area contributed by atoms with Gasteiger partial charge in [0.1, 0.15) is 0 Å². The van der Waals surface area contributed by atoms with Crippen LogP contribution in [0, 0.1) is 17.8 Å². The molecule has 2 aromatic carbocycles. The Hall–Kier alpha value is -3.65. The average Bonchev–Trinajstić information content (AvgIpc) is 2.88. The predicted octanol–water partition coefficient (Wildman–Crippen LogP) is 5.48. The van der Waals surface area contributed by atoms with Crippen molar-refractivity contribution in [3.8, 4) is 0 Å². The number of carbonyl (C=O) groups excluding carboxylic acids is 3. The van der Waals surface area contributed by atoms with Crippen LogP contribution >= 0.6 is 0 Å². The highest BCUT2D eigenvalue weighted by molar-refractivity contribution is 5.96. The van der Waals surface area contributed by atoms with Crippen LogP contribution in [0.2, 0.25) is 0 Å². The lowest BCUT2D eigenvalue weighted by atomic mass is 9.82. The molecule has 0 aliphatic heterocycles. The number of nitrogens with zero attached hydrogens (tertiary/aromatic N) is 1. The zero-order valence-electron chi connectivity index (χ0n) is 23.4. The summed E-state index contributed by atoms with van der Waals surface area (Å²) in [6.45, 7) is 11.7. The molecule has 4 amide bonds. The molecule has 0 fully saturated rings. The SMILES string of the molecule is CCNC(=O)N(NC(=O)[C@H](CC(C)C)[C@H](CC=Cc1ccccc1)C(=O)NOC(C)(C)C)c1ccccc1. The van der Waals surface area contributed by atoms with Gasteiger partial charge in [0.25, 0.3) is 0 Å². The molecule has 2 rings (SSSR count). The van der Waals surface area contributed by atoms with Crippen molar-refractivity contribution in [2.75, 3.05) is 11.6 Å². The van der Waals surface area contributed by atoms with Crippen molar-refractivity contribution in [3.05, 3.63) is 72.3 Å². The average molecular weight is 523 g/mol. The minimum Gasteiger partial charge on any atom is -0.337 e. The lowest BCUT2D eigenvalue weighted by Crippen LogP contribution is -2.54. The number of hydrogen-bond donors (Lipinski definition) is 3. The third-order valence-corrected chi connectivity index (χ3v) is 5.61. The van der Waals surface area contributed by atoms with Gasteiger partial charge in [0.15, 0.2) is 0 Å². The Morgan fingerprint density at radius 2 is 1.53 bits per heavy atom. The molecule has 0 aliphatic carbocycles. The number of anilines is 1. The fourth-order valence-corrected chi connectivity index (χ4v) is 3.84. The molecule has 206 valence electrons. The molecular formula is C30H42N4O4. The summed E-state index contributed by atoms with van der Waals surface area (Å²) in [6.07, 6.45) is 4.58. The highest BCUT2D eigenvalue weighted by Gasteiger charge is 2.36. The fraction of sp³-hybridized carbons (Fsp3) is 0.433. The number of hydrogen-bond acceptors (Lipinski definition) is 4. The first kappa shape index (κ1) is 30.6. The number of urea groups is 1. The maximum Gasteiger partial charge on any atom is 0.340 e. The molecule has 0 saturated carbocycles. The van der Waals surface area contributed by atoms with Crippen LogP contribution in [0.3, 0.4) is 0 Å². The number of allylic oxidation sites excluding steroid dienone is 1. The maximum absolute atomic E-state index is 13.8. The zero-order valence-corrected chi connectivity index (χ0v) is 23.4. The second-order valence-electron chi connectivity index (χ2n) is 10.6. The van der Waals surface area contributed by atoms with Gasteiger partial charge in [-0.15, -0.1) is 0 Å². The van der Waals surface area contributed by atoms with E-state index in [4.69, 9.17) is 4.84 Å². The Balaban J connectivity index is 2.38. The van der Waals surface area contributed by atoms with Gasteiger partial charge in [0, 0.05) is 6.54 Å². The summed E-state index contributed by atoms with van der Waals surface area (Å²) in [5.41, 5.74) is 6.24. The molecule has 38 heavy (non-hydrogen) atoms. The van der Waals surface area contributed by atoms with Crippen LogP contribution in [0.5, 0.6) is 0 Å². The van der Waals surface area contributed by atoms with Gasteiger partial charge < -0.3 is 5.32 Å². The van der Waals surface area contributed by atoms with Crippen LogP contribution in [-0.2, 0) is 14.4 Å². The number of para-hydroxylation sites is 1. The summed E-state index contributed by atoms with van der Waals surface area (Å²) < 4.78 is 0. The van der Waals surface area contributed by atoms with E-state index >= 15 is 0 Å². The molecule has 2 atom stereocenters. The number of amides is 4. The van der Waals surface area contributed by atoms with Crippen LogP contribution in [0.25, 0.3) is 6.08 Å². The van der Waals surface area contributed by atoms with Gasteiger partial charge in [0.2, 0.25) is 11.8 Å². The highest BCUT2D eigenvalue weighted by atomic mass is 16.7. The summed E-state index contributed by atoms with van der Waals surface area (Å²) in [5.74, 6) is -2.14. The number of hydrazine groups is 1. The summed E-state index contributed by atoms with van der Waals surface area (Å²) in [6, 6.07) is 18.2. The van der Waals surface area contributed by atoms with E-state index in [0.717, 1.165) is 5.56 Å². The first-order valence-electron chi connectivity index (χ1n) is 13.1. The topological polar surface area (TPSA) is 99.8 Å². The third-order valence-electron chi connectivity index (χ3n) is 5.61. The predicted molar refractivity (Wildman–Crippen MR) is 152 cm³/mol. The van der Waals surface area contributed by atoms with Crippen molar-refractivity contribution in [1.82, 2.24) is 16.2 Å². The number of hydroxylamine groups is 1. The van der Waals surface area contributed by atoms with Gasteiger partial charge in [0.05, 0.1) is 23.1 Å². The molecule has 2 aromatic rings. The van der Waals surface area contributed by atoms with E-state index < -0.39 is 29.4 Å². The molecule has 0 spiro atoms. The molecule has 0 aliphatic rings. The van der Waals surface area contributed by atoms with E-state index in [1.54, 1.807) is 31.2 Å². The summed E-state index contributed by atoms with van der Waals surface area (Å²) in [5, 5.41) is 3.93. The van der Waals surface area contributed by atoms with E-state index in [1.807, 2.05) is 83.2 Å². The molecule has 3 N–H and O–H groups in total. The first-order valence-corrected chi connectivity index (χ1v) is 13.1. The fourth-order valence-electron chi connectivity index (χ4n) is 3.84. The lowest BCUT2D eigenvalue weighted by Gasteiger charge is -2.30.